The Morgan fingerprint density at radius 1 is 1.69 bits per heavy atom. The molecule has 0 aromatic carbocycles. The number of hydrogen-bond donors (Lipinski definition) is 3. The Morgan fingerprint density at radius 3 is 2.94 bits per heavy atom. The first kappa shape index (κ1) is 11.2. The molecule has 2 atom stereocenters. The summed E-state index contributed by atoms with van der Waals surface area (Å²) >= 11 is 1.38. The average Bonchev–Trinajstić information content (AvgIpc) is 2.26. The minimum Gasteiger partial charge on any atom is -0.449 e. The first-order valence-electron chi connectivity index (χ1n) is 4.50. The molecule has 1 unspecified atom stereocenters. The third-order valence-electron chi connectivity index (χ3n) is 2.41. The molecule has 2 rings (SSSR count). The molecule has 16 heavy (non-hydrogen) atoms. The van der Waals surface area contributed by atoms with Crippen LogP contribution in [0.4, 0.5) is 4.79 Å². The highest BCUT2D eigenvalue weighted by Crippen LogP contribution is 2.39. The molecule has 1 saturated heterocycles. The molecule has 2 aliphatic heterocycles. The number of nitrogens with two attached hydrogens (primary N) is 1. The molecule has 0 aliphatic carbocycles. The summed E-state index contributed by atoms with van der Waals surface area (Å²) in [6.07, 6.45) is -1.51. The predicted molar refractivity (Wildman–Crippen MR) is 54.3 cm³/mol. The van der Waals surface area contributed by atoms with Crippen LogP contribution >= 0.6 is 11.8 Å². The quantitative estimate of drug-likeness (QED) is 0.428. The van der Waals surface area contributed by atoms with Crippen molar-refractivity contribution in [1.82, 2.24) is 4.90 Å². The molecule has 0 bridgehead atoms. The molecule has 7 nitrogen and oxygen atoms in total. The van der Waals surface area contributed by atoms with Gasteiger partial charge in [0.1, 0.15) is 11.4 Å². The molecular weight excluding hydrogens is 236 g/mol. The van der Waals surface area contributed by atoms with Gasteiger partial charge in [0.2, 0.25) is 11.8 Å². The summed E-state index contributed by atoms with van der Waals surface area (Å²) in [5, 5.41) is 17.3. The van der Waals surface area contributed by atoms with Crippen molar-refractivity contribution in [2.24, 2.45) is 5.73 Å². The molecule has 0 radical (unpaired) electrons. The second-order valence-corrected chi connectivity index (χ2v) is 4.48. The van der Waals surface area contributed by atoms with Gasteiger partial charge in [0, 0.05) is 11.3 Å². The van der Waals surface area contributed by atoms with Gasteiger partial charge in [0.25, 0.3) is 0 Å². The van der Waals surface area contributed by atoms with E-state index < -0.39 is 12.2 Å². The minimum absolute atomic E-state index is 0.0922. The number of thioether (sulfide) groups is 1. The number of aliphatic hydroxyl groups is 1. The fraction of sp³-hybridized carbons (Fsp3) is 0.500. The van der Waals surface area contributed by atoms with E-state index in [9.17, 15) is 9.59 Å². The third kappa shape index (κ3) is 1.55. The van der Waals surface area contributed by atoms with Gasteiger partial charge in [-0.2, -0.15) is 0 Å². The summed E-state index contributed by atoms with van der Waals surface area (Å²) in [6.45, 7) is -0.346. The minimum atomic E-state index is -1.51. The Hall–Kier alpha value is -1.25. The second-order valence-electron chi connectivity index (χ2n) is 3.37. The summed E-state index contributed by atoms with van der Waals surface area (Å²) in [4.78, 5) is 23.1. The normalized spacial score (nSPS) is 28.6. The van der Waals surface area contributed by atoms with Crippen molar-refractivity contribution in [2.75, 3.05) is 12.4 Å². The molecule has 0 aromatic heterocycles. The topological polar surface area (TPSA) is 113 Å². The number of β-lactam (4-membered cyclic amide) rings is 1. The van der Waals surface area contributed by atoms with Crippen LogP contribution in [0.5, 0.6) is 0 Å². The van der Waals surface area contributed by atoms with E-state index in [0.717, 1.165) is 0 Å². The number of aliphatic hydroxyl groups excluding tert-OH is 1. The van der Waals surface area contributed by atoms with Gasteiger partial charge in [-0.3, -0.25) is 9.69 Å². The lowest BCUT2D eigenvalue weighted by atomic mass is 10.1. The number of rotatable bonds is 2. The maximum absolute atomic E-state index is 11.4. The number of nitrogens with zero attached hydrogens (tertiary/aromatic N) is 1. The maximum atomic E-state index is 11.4. The Balaban J connectivity index is 2.28. The lowest BCUT2D eigenvalue weighted by molar-refractivity contribution is -0.144. The Bertz CT molecular complexity index is 383. The van der Waals surface area contributed by atoms with Gasteiger partial charge in [-0.15, -0.1) is 11.8 Å². The molecule has 4 N–H and O–H groups in total. The molecule has 2 heterocycles. The van der Waals surface area contributed by atoms with Crippen LogP contribution in [0.3, 0.4) is 0 Å². The molecule has 0 spiro atoms. The van der Waals surface area contributed by atoms with Gasteiger partial charge in [-0.05, 0) is 0 Å². The molecule has 1 fully saturated rings. The standard InChI is InChI=1S/C8H10N2O5S/c9-4-5(12)10-6(15-8(13)14)3(1-11)2-16-7(4)10/h4,7,11H,1-2,9H2,(H,13,14)/t4?,7-/m0/s1. The largest absolute Gasteiger partial charge is 0.512 e. The number of hydrogen-bond acceptors (Lipinski definition) is 6. The van der Waals surface area contributed by atoms with Crippen molar-refractivity contribution >= 4 is 23.8 Å². The number of carbonyl (C=O) groups excluding carboxylic acids is 1. The van der Waals surface area contributed by atoms with E-state index in [1.165, 1.54) is 16.7 Å². The fourth-order valence-corrected chi connectivity index (χ4v) is 2.87. The van der Waals surface area contributed by atoms with E-state index in [4.69, 9.17) is 15.9 Å². The highest BCUT2D eigenvalue weighted by atomic mass is 32.2. The van der Waals surface area contributed by atoms with Gasteiger partial charge in [-0.25, -0.2) is 4.79 Å². The van der Waals surface area contributed by atoms with Crippen molar-refractivity contribution in [1.29, 1.82) is 0 Å². The fourth-order valence-electron chi connectivity index (χ4n) is 1.62. The molecule has 88 valence electrons. The van der Waals surface area contributed by atoms with Gasteiger partial charge in [-0.1, -0.05) is 0 Å². The number of fused-ring (bicyclic) bond motifs is 1. The van der Waals surface area contributed by atoms with Crippen LogP contribution in [0.1, 0.15) is 0 Å². The highest BCUT2D eigenvalue weighted by Gasteiger charge is 2.51. The van der Waals surface area contributed by atoms with Gasteiger partial charge in [0.05, 0.1) is 6.61 Å². The summed E-state index contributed by atoms with van der Waals surface area (Å²) in [6, 6.07) is -0.627. The van der Waals surface area contributed by atoms with Crippen molar-refractivity contribution in [3.8, 4) is 0 Å². The van der Waals surface area contributed by atoms with Gasteiger partial charge < -0.3 is 20.7 Å². The molecule has 0 aromatic rings. The first-order chi connectivity index (χ1) is 7.56. The summed E-state index contributed by atoms with van der Waals surface area (Å²) in [5.74, 6) is -0.0776. The molecular formula is C8H10N2O5S. The van der Waals surface area contributed by atoms with E-state index in [1.54, 1.807) is 0 Å². The van der Waals surface area contributed by atoms with Gasteiger partial charge in [0.15, 0.2) is 0 Å². The Morgan fingerprint density at radius 2 is 2.38 bits per heavy atom. The van der Waals surface area contributed by atoms with Crippen LogP contribution in [0, 0.1) is 0 Å². The van der Waals surface area contributed by atoms with Crippen LogP contribution in [0.2, 0.25) is 0 Å². The molecule has 8 heteroatoms. The smallest absolute Gasteiger partial charge is 0.449 e. The third-order valence-corrected chi connectivity index (χ3v) is 3.77. The zero-order valence-electron chi connectivity index (χ0n) is 8.12. The number of amides is 1. The van der Waals surface area contributed by atoms with E-state index in [2.05, 4.69) is 4.74 Å². The van der Waals surface area contributed by atoms with Crippen molar-refractivity contribution in [3.63, 3.8) is 0 Å². The van der Waals surface area contributed by atoms with Crippen molar-refractivity contribution in [3.05, 3.63) is 11.5 Å². The Kier molecular flexibility index (Phi) is 2.78. The Labute approximate surface area is 94.8 Å². The summed E-state index contributed by atoms with van der Waals surface area (Å²) in [5.41, 5.74) is 5.94. The lowest BCUT2D eigenvalue weighted by Crippen LogP contribution is -2.68. The van der Waals surface area contributed by atoms with E-state index in [1.807, 2.05) is 0 Å². The zero-order valence-corrected chi connectivity index (χ0v) is 8.94. The van der Waals surface area contributed by atoms with Crippen LogP contribution in [0.15, 0.2) is 11.5 Å². The van der Waals surface area contributed by atoms with E-state index in [-0.39, 0.29) is 23.8 Å². The van der Waals surface area contributed by atoms with Crippen molar-refractivity contribution < 1.29 is 24.5 Å². The first-order valence-corrected chi connectivity index (χ1v) is 5.55. The summed E-state index contributed by atoms with van der Waals surface area (Å²) < 4.78 is 4.52. The van der Waals surface area contributed by atoms with Crippen LogP contribution in [0.25, 0.3) is 0 Å². The van der Waals surface area contributed by atoms with Crippen LogP contribution in [-0.4, -0.2) is 51.0 Å². The highest BCUT2D eigenvalue weighted by molar-refractivity contribution is 8.00. The number of carbonyl (C=O) groups is 2. The zero-order chi connectivity index (χ0) is 11.9. The lowest BCUT2D eigenvalue weighted by Gasteiger charge is -2.47. The molecule has 2 aliphatic rings. The van der Waals surface area contributed by atoms with Crippen LogP contribution in [-0.2, 0) is 9.53 Å². The van der Waals surface area contributed by atoms with Crippen LogP contribution < -0.4 is 5.73 Å². The molecule has 0 saturated carbocycles. The predicted octanol–water partition coefficient (Wildman–Crippen LogP) is -0.873. The SMILES string of the molecule is NC1C(=O)N2C(OC(=O)O)=C(CO)CS[C@@H]12. The van der Waals surface area contributed by atoms with E-state index >= 15 is 0 Å². The van der Waals surface area contributed by atoms with Crippen molar-refractivity contribution in [2.45, 2.75) is 11.4 Å². The number of ether oxygens (including phenoxy) is 1. The summed E-state index contributed by atoms with van der Waals surface area (Å²) in [7, 11) is 0. The monoisotopic (exact) mass is 246 g/mol. The maximum Gasteiger partial charge on any atom is 0.512 e. The second kappa shape index (κ2) is 3.96. The molecule has 1 amide bonds. The van der Waals surface area contributed by atoms with E-state index in [0.29, 0.717) is 11.3 Å². The van der Waals surface area contributed by atoms with Gasteiger partial charge >= 0.3 is 6.16 Å². The average molecular weight is 246 g/mol. The number of carboxylic acid groups (broad SMARTS) is 1.